The van der Waals surface area contributed by atoms with Crippen LogP contribution in [-0.4, -0.2) is 54.1 Å². The smallest absolute Gasteiger partial charge is 0.254 e. The third-order valence-electron chi connectivity index (χ3n) is 5.79. The van der Waals surface area contributed by atoms with E-state index in [9.17, 15) is 4.79 Å². The van der Waals surface area contributed by atoms with Crippen molar-refractivity contribution in [1.29, 1.82) is 0 Å². The van der Waals surface area contributed by atoms with E-state index in [2.05, 4.69) is 15.9 Å². The summed E-state index contributed by atoms with van der Waals surface area (Å²) in [7, 11) is 1.68. The molecule has 1 spiro atoms. The van der Waals surface area contributed by atoms with Crippen molar-refractivity contribution >= 4 is 5.91 Å². The number of amides is 1. The predicted molar refractivity (Wildman–Crippen MR) is 85.9 cm³/mol. The summed E-state index contributed by atoms with van der Waals surface area (Å²) in [6.07, 6.45) is 4.34. The van der Waals surface area contributed by atoms with Crippen molar-refractivity contribution in [2.75, 3.05) is 26.7 Å². The second-order valence-corrected chi connectivity index (χ2v) is 7.40. The number of piperidine rings is 1. The lowest BCUT2D eigenvalue weighted by Crippen LogP contribution is -2.77. The average Bonchev–Trinajstić information content (AvgIpc) is 3.29. The van der Waals surface area contributed by atoms with Crippen molar-refractivity contribution in [3.63, 3.8) is 0 Å². The maximum Gasteiger partial charge on any atom is 0.254 e. The van der Waals surface area contributed by atoms with Gasteiger partial charge in [-0.15, -0.1) is 0 Å². The first kappa shape index (κ1) is 15.2. The summed E-state index contributed by atoms with van der Waals surface area (Å²) in [5.74, 6) is 2.93. The Kier molecular flexibility index (Phi) is 3.73. The Morgan fingerprint density at radius 3 is 2.61 bits per heavy atom. The number of likely N-dealkylation sites (tertiary alicyclic amines) is 2. The normalized spacial score (nSPS) is 27.5. The number of methoxy groups -OCH3 is 1. The van der Waals surface area contributed by atoms with E-state index in [1.165, 1.54) is 12.8 Å². The van der Waals surface area contributed by atoms with Crippen molar-refractivity contribution in [3.05, 3.63) is 23.7 Å². The van der Waals surface area contributed by atoms with E-state index in [4.69, 9.17) is 9.15 Å². The maximum atomic E-state index is 12.4. The summed E-state index contributed by atoms with van der Waals surface area (Å²) in [4.78, 5) is 16.9. The molecule has 0 N–H and O–H groups in total. The molecule has 126 valence electrons. The van der Waals surface area contributed by atoms with Gasteiger partial charge in [-0.25, -0.2) is 0 Å². The maximum absolute atomic E-state index is 12.4. The molecule has 3 heterocycles. The van der Waals surface area contributed by atoms with E-state index in [-0.39, 0.29) is 17.6 Å². The predicted octanol–water partition coefficient (Wildman–Crippen LogP) is 2.19. The van der Waals surface area contributed by atoms with Crippen LogP contribution in [-0.2, 0) is 16.1 Å². The van der Waals surface area contributed by atoms with Crippen LogP contribution < -0.4 is 0 Å². The molecule has 0 bridgehead atoms. The zero-order valence-electron chi connectivity index (χ0n) is 14.1. The molecule has 1 aromatic rings. The number of carbonyl (C=O) groups is 1. The van der Waals surface area contributed by atoms with Gasteiger partial charge in [0, 0.05) is 26.7 Å². The van der Waals surface area contributed by atoms with Gasteiger partial charge in [0.2, 0.25) is 0 Å². The fraction of sp³-hybridized carbons (Fsp3) is 0.722. The number of ether oxygens (including phenoxy) is 1. The summed E-state index contributed by atoms with van der Waals surface area (Å²) >= 11 is 0. The van der Waals surface area contributed by atoms with Gasteiger partial charge in [-0.3, -0.25) is 9.69 Å². The Labute approximate surface area is 137 Å². The largest absolute Gasteiger partial charge is 0.465 e. The Hall–Kier alpha value is -1.33. The molecule has 1 unspecified atom stereocenters. The Balaban J connectivity index is 1.40. The molecule has 2 aliphatic heterocycles. The van der Waals surface area contributed by atoms with E-state index in [1.807, 2.05) is 13.0 Å². The minimum atomic E-state index is -0.228. The molecule has 5 nitrogen and oxygen atoms in total. The van der Waals surface area contributed by atoms with E-state index < -0.39 is 0 Å². The number of hydrogen-bond donors (Lipinski definition) is 0. The van der Waals surface area contributed by atoms with Crippen LogP contribution in [0, 0.1) is 12.8 Å². The Morgan fingerprint density at radius 1 is 1.30 bits per heavy atom. The summed E-state index contributed by atoms with van der Waals surface area (Å²) < 4.78 is 11.2. The second-order valence-electron chi connectivity index (χ2n) is 7.40. The SMILES string of the molecule is COC1C(=O)N(CC2CC2)C12CCN(Cc1ccc(C)o1)CC2. The molecule has 3 fully saturated rings. The van der Waals surface area contributed by atoms with Gasteiger partial charge in [-0.2, -0.15) is 0 Å². The molecule has 0 aromatic carbocycles. The van der Waals surface area contributed by atoms with Gasteiger partial charge in [-0.1, -0.05) is 0 Å². The van der Waals surface area contributed by atoms with Gasteiger partial charge < -0.3 is 14.1 Å². The highest BCUT2D eigenvalue weighted by atomic mass is 16.5. The van der Waals surface area contributed by atoms with Gasteiger partial charge in [0.25, 0.3) is 5.91 Å². The highest BCUT2D eigenvalue weighted by Gasteiger charge is 2.61. The van der Waals surface area contributed by atoms with Crippen LogP contribution in [0.4, 0.5) is 0 Å². The van der Waals surface area contributed by atoms with Crippen molar-refractivity contribution in [1.82, 2.24) is 9.80 Å². The van der Waals surface area contributed by atoms with E-state index >= 15 is 0 Å². The number of nitrogens with zero attached hydrogens (tertiary/aromatic N) is 2. The minimum Gasteiger partial charge on any atom is -0.465 e. The van der Waals surface area contributed by atoms with Crippen LogP contribution in [0.15, 0.2) is 16.5 Å². The second kappa shape index (κ2) is 5.64. The monoisotopic (exact) mass is 318 g/mol. The van der Waals surface area contributed by atoms with Crippen LogP contribution in [0.1, 0.15) is 37.2 Å². The molecule has 4 rings (SSSR count). The topological polar surface area (TPSA) is 45.9 Å². The number of hydrogen-bond acceptors (Lipinski definition) is 4. The number of furan rings is 1. The third kappa shape index (κ3) is 2.60. The molecule has 1 aromatic heterocycles. The van der Waals surface area contributed by atoms with Crippen molar-refractivity contribution in [2.45, 2.75) is 50.8 Å². The minimum absolute atomic E-state index is 0.0516. The fourth-order valence-corrected chi connectivity index (χ4v) is 4.24. The third-order valence-corrected chi connectivity index (χ3v) is 5.79. The van der Waals surface area contributed by atoms with Gasteiger partial charge in [0.15, 0.2) is 6.10 Å². The lowest BCUT2D eigenvalue weighted by Gasteiger charge is -2.59. The average molecular weight is 318 g/mol. The van der Waals surface area contributed by atoms with Gasteiger partial charge in [-0.05, 0) is 50.7 Å². The van der Waals surface area contributed by atoms with Crippen LogP contribution >= 0.6 is 0 Å². The van der Waals surface area contributed by atoms with Crippen LogP contribution in [0.3, 0.4) is 0 Å². The Morgan fingerprint density at radius 2 is 2.04 bits per heavy atom. The summed E-state index contributed by atoms with van der Waals surface area (Å²) in [5, 5.41) is 0. The fourth-order valence-electron chi connectivity index (χ4n) is 4.24. The number of β-lactam (4-membered cyclic amide) rings is 1. The van der Waals surface area contributed by atoms with Crippen molar-refractivity contribution in [3.8, 4) is 0 Å². The highest BCUT2D eigenvalue weighted by molar-refractivity contribution is 5.90. The number of aryl methyl sites for hydroxylation is 1. The summed E-state index contributed by atoms with van der Waals surface area (Å²) in [6.45, 7) is 5.77. The lowest BCUT2D eigenvalue weighted by atomic mass is 9.73. The first-order valence-electron chi connectivity index (χ1n) is 8.74. The van der Waals surface area contributed by atoms with Crippen molar-refractivity contribution in [2.24, 2.45) is 5.92 Å². The zero-order chi connectivity index (χ0) is 16.0. The summed E-state index contributed by atoms with van der Waals surface area (Å²) in [6, 6.07) is 4.08. The van der Waals surface area contributed by atoms with E-state index in [0.29, 0.717) is 0 Å². The molecule has 23 heavy (non-hydrogen) atoms. The van der Waals surface area contributed by atoms with Gasteiger partial charge in [0.1, 0.15) is 11.5 Å². The van der Waals surface area contributed by atoms with Crippen LogP contribution in [0.2, 0.25) is 0 Å². The number of carbonyl (C=O) groups excluding carboxylic acids is 1. The molecule has 2 saturated heterocycles. The molecule has 0 radical (unpaired) electrons. The molecule has 1 amide bonds. The molecular formula is C18H26N2O3. The van der Waals surface area contributed by atoms with E-state index in [0.717, 1.165) is 56.5 Å². The molecule has 5 heteroatoms. The van der Waals surface area contributed by atoms with Crippen LogP contribution in [0.5, 0.6) is 0 Å². The standard InChI is InChI=1S/C18H26N2O3/c1-13-3-6-15(23-13)12-19-9-7-18(8-10-19)16(22-2)17(21)20(18)11-14-4-5-14/h3,6,14,16H,4-5,7-12H2,1-2H3. The van der Waals surface area contributed by atoms with E-state index in [1.54, 1.807) is 7.11 Å². The molecule has 1 saturated carbocycles. The van der Waals surface area contributed by atoms with Crippen LogP contribution in [0.25, 0.3) is 0 Å². The first-order chi connectivity index (χ1) is 11.1. The highest BCUT2D eigenvalue weighted by Crippen LogP contribution is 2.45. The molecule has 1 atom stereocenters. The zero-order valence-corrected chi connectivity index (χ0v) is 14.1. The lowest BCUT2D eigenvalue weighted by molar-refractivity contribution is -0.199. The summed E-state index contributed by atoms with van der Waals surface area (Å²) in [5.41, 5.74) is -0.0516. The molecular weight excluding hydrogens is 292 g/mol. The molecule has 1 aliphatic carbocycles. The quantitative estimate of drug-likeness (QED) is 0.781. The number of rotatable bonds is 5. The van der Waals surface area contributed by atoms with Gasteiger partial charge >= 0.3 is 0 Å². The first-order valence-corrected chi connectivity index (χ1v) is 8.74. The molecule has 3 aliphatic rings. The van der Waals surface area contributed by atoms with Gasteiger partial charge in [0.05, 0.1) is 12.1 Å². The van der Waals surface area contributed by atoms with Crippen molar-refractivity contribution < 1.29 is 13.9 Å². The Bertz CT molecular complexity index is 585.